The van der Waals surface area contributed by atoms with Crippen molar-refractivity contribution < 1.29 is 4.79 Å². The van der Waals surface area contributed by atoms with Crippen molar-refractivity contribution in [2.24, 2.45) is 5.92 Å². The van der Waals surface area contributed by atoms with Crippen LogP contribution in [0.15, 0.2) is 24.3 Å². The minimum absolute atomic E-state index is 0.0534. The van der Waals surface area contributed by atoms with Gasteiger partial charge in [0.2, 0.25) is 5.91 Å². The predicted octanol–water partition coefficient (Wildman–Crippen LogP) is 3.87. The molecule has 1 fully saturated rings. The van der Waals surface area contributed by atoms with E-state index >= 15 is 0 Å². The van der Waals surface area contributed by atoms with Crippen LogP contribution in [-0.2, 0) is 4.79 Å². The molecule has 0 aromatic heterocycles. The molecule has 0 spiro atoms. The van der Waals surface area contributed by atoms with Gasteiger partial charge in [0.15, 0.2) is 0 Å². The summed E-state index contributed by atoms with van der Waals surface area (Å²) in [5, 5.41) is 3.04. The average Bonchev–Trinajstić information content (AvgIpc) is 2.47. The second-order valence-corrected chi connectivity index (χ2v) is 6.66. The lowest BCUT2D eigenvalue weighted by Gasteiger charge is -2.34. The summed E-state index contributed by atoms with van der Waals surface area (Å²) >= 11 is 0. The quantitative estimate of drug-likeness (QED) is 0.912. The van der Waals surface area contributed by atoms with E-state index in [1.807, 2.05) is 19.1 Å². The van der Waals surface area contributed by atoms with Gasteiger partial charge in [0.05, 0.1) is 6.04 Å². The Balaban J connectivity index is 1.91. The van der Waals surface area contributed by atoms with Crippen LogP contribution in [0.2, 0.25) is 0 Å². The van der Waals surface area contributed by atoms with Crippen molar-refractivity contribution in [3.05, 3.63) is 29.8 Å². The molecule has 0 unspecified atom stereocenters. The summed E-state index contributed by atoms with van der Waals surface area (Å²) in [4.78, 5) is 14.6. The van der Waals surface area contributed by atoms with Gasteiger partial charge in [0.1, 0.15) is 0 Å². The van der Waals surface area contributed by atoms with E-state index in [4.69, 9.17) is 0 Å². The molecule has 0 radical (unpaired) electrons. The third-order valence-electron chi connectivity index (χ3n) is 4.59. The lowest BCUT2D eigenvalue weighted by molar-refractivity contribution is -0.121. The average molecular weight is 288 g/mol. The van der Waals surface area contributed by atoms with Crippen LogP contribution in [0.3, 0.4) is 0 Å². The zero-order chi connectivity index (χ0) is 15.4. The molecule has 1 aliphatic rings. The second kappa shape index (κ2) is 7.08. The number of piperidine rings is 1. The molecule has 21 heavy (non-hydrogen) atoms. The van der Waals surface area contributed by atoms with Gasteiger partial charge in [-0.3, -0.25) is 9.69 Å². The molecule has 3 nitrogen and oxygen atoms in total. The Morgan fingerprint density at radius 2 is 1.71 bits per heavy atom. The van der Waals surface area contributed by atoms with Gasteiger partial charge in [-0.2, -0.15) is 0 Å². The number of amides is 1. The first kappa shape index (κ1) is 16.0. The Bertz CT molecular complexity index is 459. The third kappa shape index (κ3) is 4.31. The summed E-state index contributed by atoms with van der Waals surface area (Å²) in [5.41, 5.74) is 2.19. The molecule has 1 heterocycles. The van der Waals surface area contributed by atoms with Crippen LogP contribution in [-0.4, -0.2) is 29.9 Å². The first-order valence-electron chi connectivity index (χ1n) is 8.12. The smallest absolute Gasteiger partial charge is 0.241 e. The monoisotopic (exact) mass is 288 g/mol. The number of nitrogens with one attached hydrogen (secondary N) is 1. The van der Waals surface area contributed by atoms with Gasteiger partial charge in [-0.1, -0.05) is 32.9 Å². The molecule has 0 saturated carbocycles. The first-order valence-corrected chi connectivity index (χ1v) is 8.12. The number of rotatable bonds is 4. The van der Waals surface area contributed by atoms with Crippen LogP contribution < -0.4 is 5.32 Å². The van der Waals surface area contributed by atoms with E-state index in [0.717, 1.165) is 24.7 Å². The van der Waals surface area contributed by atoms with E-state index in [1.54, 1.807) is 0 Å². The molecule has 1 amide bonds. The molecule has 1 aliphatic heterocycles. The fraction of sp³-hybridized carbons (Fsp3) is 0.611. The maximum Gasteiger partial charge on any atom is 0.241 e. The van der Waals surface area contributed by atoms with E-state index in [2.05, 4.69) is 43.1 Å². The van der Waals surface area contributed by atoms with Crippen LogP contribution in [0.25, 0.3) is 0 Å². The molecule has 1 N–H and O–H groups in total. The summed E-state index contributed by atoms with van der Waals surface area (Å²) < 4.78 is 0. The Hall–Kier alpha value is -1.35. The molecular formula is C18H28N2O. The number of likely N-dealkylation sites (tertiary alicyclic amines) is 1. The Morgan fingerprint density at radius 3 is 2.24 bits per heavy atom. The molecule has 116 valence electrons. The second-order valence-electron chi connectivity index (χ2n) is 6.66. The van der Waals surface area contributed by atoms with Crippen molar-refractivity contribution in [1.29, 1.82) is 0 Å². The number of carbonyl (C=O) groups excluding carboxylic acids is 1. The fourth-order valence-electron chi connectivity index (χ4n) is 2.78. The number of anilines is 1. The van der Waals surface area contributed by atoms with Crippen molar-refractivity contribution in [2.45, 2.75) is 52.5 Å². The van der Waals surface area contributed by atoms with E-state index in [-0.39, 0.29) is 11.9 Å². The number of benzene rings is 1. The van der Waals surface area contributed by atoms with E-state index in [0.29, 0.717) is 5.92 Å². The lowest BCUT2D eigenvalue weighted by Crippen LogP contribution is -2.45. The van der Waals surface area contributed by atoms with Gasteiger partial charge in [0.25, 0.3) is 0 Å². The van der Waals surface area contributed by atoms with Gasteiger partial charge in [-0.05, 0) is 62.4 Å². The fourth-order valence-corrected chi connectivity index (χ4v) is 2.78. The molecule has 0 bridgehead atoms. The highest BCUT2D eigenvalue weighted by Crippen LogP contribution is 2.20. The number of hydrogen-bond donors (Lipinski definition) is 1. The Morgan fingerprint density at radius 1 is 1.14 bits per heavy atom. The predicted molar refractivity (Wildman–Crippen MR) is 88.6 cm³/mol. The highest BCUT2D eigenvalue weighted by Gasteiger charge is 2.24. The standard InChI is InChI=1S/C18H28N2O/c1-13(2)16-5-7-17(8-6-16)19-18(21)15(4)20-11-9-14(3)10-12-20/h5-8,13-15H,9-12H2,1-4H3,(H,19,21)/t15-/m0/s1. The van der Waals surface area contributed by atoms with Crippen LogP contribution in [0.1, 0.15) is 52.0 Å². The molecule has 3 heteroatoms. The van der Waals surface area contributed by atoms with Gasteiger partial charge in [0, 0.05) is 5.69 Å². The maximum absolute atomic E-state index is 12.4. The zero-order valence-electron chi connectivity index (χ0n) is 13.7. The van der Waals surface area contributed by atoms with Crippen molar-refractivity contribution in [3.63, 3.8) is 0 Å². The van der Waals surface area contributed by atoms with Crippen LogP contribution in [0.5, 0.6) is 0 Å². The number of carbonyl (C=O) groups is 1. The van der Waals surface area contributed by atoms with E-state index in [9.17, 15) is 4.79 Å². The van der Waals surface area contributed by atoms with Crippen LogP contribution >= 0.6 is 0 Å². The normalized spacial score (nSPS) is 18.7. The minimum atomic E-state index is -0.0534. The van der Waals surface area contributed by atoms with Gasteiger partial charge >= 0.3 is 0 Å². The SMILES string of the molecule is CC1CCN([C@@H](C)C(=O)Nc2ccc(C(C)C)cc2)CC1. The summed E-state index contributed by atoms with van der Waals surface area (Å²) in [6.45, 7) is 10.7. The van der Waals surface area contributed by atoms with Gasteiger partial charge in [-0.25, -0.2) is 0 Å². The van der Waals surface area contributed by atoms with Crippen molar-refractivity contribution >= 4 is 11.6 Å². The zero-order valence-corrected chi connectivity index (χ0v) is 13.7. The highest BCUT2D eigenvalue weighted by molar-refractivity contribution is 5.94. The minimum Gasteiger partial charge on any atom is -0.325 e. The highest BCUT2D eigenvalue weighted by atomic mass is 16.2. The van der Waals surface area contributed by atoms with Crippen LogP contribution in [0.4, 0.5) is 5.69 Å². The summed E-state index contributed by atoms with van der Waals surface area (Å²) in [6, 6.07) is 8.12. The van der Waals surface area contributed by atoms with Gasteiger partial charge in [-0.15, -0.1) is 0 Å². The van der Waals surface area contributed by atoms with Crippen molar-refractivity contribution in [2.75, 3.05) is 18.4 Å². The topological polar surface area (TPSA) is 32.3 Å². The molecule has 1 aromatic carbocycles. The lowest BCUT2D eigenvalue weighted by atomic mass is 9.98. The number of nitrogens with zero attached hydrogens (tertiary/aromatic N) is 1. The molecule has 0 aliphatic carbocycles. The Kier molecular flexibility index (Phi) is 5.40. The third-order valence-corrected chi connectivity index (χ3v) is 4.59. The largest absolute Gasteiger partial charge is 0.325 e. The first-order chi connectivity index (χ1) is 9.97. The summed E-state index contributed by atoms with van der Waals surface area (Å²) in [7, 11) is 0. The summed E-state index contributed by atoms with van der Waals surface area (Å²) in [6.07, 6.45) is 2.39. The maximum atomic E-state index is 12.4. The summed E-state index contributed by atoms with van der Waals surface area (Å²) in [5.74, 6) is 1.41. The van der Waals surface area contributed by atoms with E-state index < -0.39 is 0 Å². The van der Waals surface area contributed by atoms with E-state index in [1.165, 1.54) is 18.4 Å². The Labute approximate surface area is 128 Å². The molecule has 2 rings (SSSR count). The van der Waals surface area contributed by atoms with Crippen molar-refractivity contribution in [3.8, 4) is 0 Å². The molecule has 1 atom stereocenters. The molecular weight excluding hydrogens is 260 g/mol. The van der Waals surface area contributed by atoms with Crippen molar-refractivity contribution in [1.82, 2.24) is 4.90 Å². The van der Waals surface area contributed by atoms with Gasteiger partial charge < -0.3 is 5.32 Å². The molecule has 1 aromatic rings. The van der Waals surface area contributed by atoms with Crippen LogP contribution in [0, 0.1) is 5.92 Å². The molecule has 1 saturated heterocycles. The number of hydrogen-bond acceptors (Lipinski definition) is 2.